The standard InChI is InChI=1S/C36H60N2O4.C20H36N4O5.C15H24N2O6/c1-5-7-8-9-10-11-12-26-14-16-30-29-15-13-27-21-28(17-19-36(27,4)31(29)18-20-35(26,30)3)42-34(41)37-22-33(40)38-23-25(6-2)32(39)24-38;1-7-16-12-23(18(25)11-22-19(26)27-6)13-17(16)29-20(28-10-8-9-21)24(14(2)3)15(4)5;1-4-11-8-17(13(19)7-16-15(21)22-3)9-12(11)23-14(20)6-5-10(2)18/h13,25-26,28-32,39H,5-12,14-24H2,1-4H3,(H,37,41);14-17,20H,7-8,10-13H2,1-6H3,(H,22,26);11-12H,4-9H2,1-3H3,(H,16,21)/t25-,26+,28?,29?,30?,31?,32+,35-,36+;16-,17+,20?;11-,12+/m111/s1. The molecule has 0 aromatic heterocycles. The Morgan fingerprint density at radius 1 is 0.670 bits per heavy atom. The lowest BCUT2D eigenvalue weighted by atomic mass is 9.47. The fraction of sp³-hybridized carbons (Fsp3) is 0.845. The largest absolute Gasteiger partial charge is 0.460 e. The van der Waals surface area contributed by atoms with Gasteiger partial charge in [-0.2, -0.15) is 5.26 Å². The third-order valence-electron chi connectivity index (χ3n) is 21.9. The van der Waals surface area contributed by atoms with E-state index in [1.807, 2.05) is 13.8 Å². The van der Waals surface area contributed by atoms with Gasteiger partial charge in [0, 0.05) is 75.4 Å². The maximum absolute atomic E-state index is 12.6. The zero-order chi connectivity index (χ0) is 69.3. The molecule has 0 spiro atoms. The predicted molar refractivity (Wildman–Crippen MR) is 356 cm³/mol. The fourth-order valence-electron chi connectivity index (χ4n) is 16.4. The van der Waals surface area contributed by atoms with Crippen LogP contribution in [0.4, 0.5) is 14.4 Å². The number of aliphatic hydroxyl groups excluding tert-OH is 1. The normalized spacial score (nSPS) is 28.7. The molecule has 23 nitrogen and oxygen atoms in total. The maximum Gasteiger partial charge on any atom is 0.407 e. The summed E-state index contributed by atoms with van der Waals surface area (Å²) < 4.78 is 32.4. The number of nitriles is 1. The van der Waals surface area contributed by atoms with Gasteiger partial charge in [0.25, 0.3) is 0 Å². The molecule has 14 atom stereocenters. The lowest BCUT2D eigenvalue weighted by Crippen LogP contribution is -2.50. The molecule has 534 valence electrons. The first-order valence-electron chi connectivity index (χ1n) is 35.7. The number of allylic oxidation sites excluding steroid dienone is 1. The molecule has 6 fully saturated rings. The number of rotatable bonds is 29. The van der Waals surface area contributed by atoms with Crippen molar-refractivity contribution in [2.24, 2.45) is 52.3 Å². The van der Waals surface area contributed by atoms with E-state index in [1.165, 1.54) is 104 Å². The summed E-state index contributed by atoms with van der Waals surface area (Å²) in [6, 6.07) is 2.46. The van der Waals surface area contributed by atoms with Crippen LogP contribution in [-0.4, -0.2) is 195 Å². The minimum absolute atomic E-state index is 0.0540. The Morgan fingerprint density at radius 3 is 1.78 bits per heavy atom. The number of alkyl carbamates (subject to hydrolysis) is 3. The Balaban J connectivity index is 0.000000270. The van der Waals surface area contributed by atoms with Gasteiger partial charge in [0.05, 0.1) is 58.5 Å². The van der Waals surface area contributed by atoms with Crippen molar-refractivity contribution >= 4 is 47.8 Å². The summed E-state index contributed by atoms with van der Waals surface area (Å²) >= 11 is 0. The topological polar surface area (TPSA) is 285 Å². The Hall–Kier alpha value is -5.57. The number of Topliss-reactive ketones (excluding diaryl/α,β-unsaturated/α-hetero) is 1. The summed E-state index contributed by atoms with van der Waals surface area (Å²) in [6.45, 7) is 25.9. The number of amides is 6. The number of hydrogen-bond acceptors (Lipinski definition) is 17. The lowest BCUT2D eigenvalue weighted by Gasteiger charge is -2.58. The van der Waals surface area contributed by atoms with E-state index in [0.717, 1.165) is 62.2 Å². The van der Waals surface area contributed by atoms with Crippen molar-refractivity contribution in [2.75, 3.05) is 79.7 Å². The number of esters is 1. The van der Waals surface area contributed by atoms with Crippen molar-refractivity contribution < 1.29 is 71.9 Å². The molecule has 94 heavy (non-hydrogen) atoms. The van der Waals surface area contributed by atoms with Crippen LogP contribution in [0.3, 0.4) is 0 Å². The first-order valence-corrected chi connectivity index (χ1v) is 35.7. The monoisotopic (exact) mass is 1320 g/mol. The molecule has 7 aliphatic rings. The Kier molecular flexibility index (Phi) is 32.8. The van der Waals surface area contributed by atoms with Gasteiger partial charge in [-0.25, -0.2) is 14.4 Å². The molecule has 3 saturated carbocycles. The second-order valence-electron chi connectivity index (χ2n) is 28.5. The van der Waals surface area contributed by atoms with Crippen molar-refractivity contribution in [2.45, 2.75) is 254 Å². The van der Waals surface area contributed by atoms with Crippen LogP contribution in [-0.2, 0) is 52.4 Å². The van der Waals surface area contributed by atoms with E-state index in [4.69, 9.17) is 24.2 Å². The van der Waals surface area contributed by atoms with Crippen LogP contribution < -0.4 is 16.0 Å². The first-order chi connectivity index (χ1) is 44.8. The number of β-amino-alcohol motifs (C(OH)–C–C–N with tert-alkyl or cyclic N) is 1. The molecule has 3 heterocycles. The predicted octanol–water partition coefficient (Wildman–Crippen LogP) is 10.1. The number of carbonyl (C=O) groups excluding carboxylic acids is 8. The summed E-state index contributed by atoms with van der Waals surface area (Å²) in [5, 5.41) is 26.4. The van der Waals surface area contributed by atoms with Crippen LogP contribution in [0.2, 0.25) is 0 Å². The van der Waals surface area contributed by atoms with E-state index in [0.29, 0.717) is 44.7 Å². The van der Waals surface area contributed by atoms with Gasteiger partial charge in [0.1, 0.15) is 37.6 Å². The number of likely N-dealkylation sites (tertiary alicyclic amines) is 3. The van der Waals surface area contributed by atoms with Gasteiger partial charge in [-0.05, 0) is 140 Å². The lowest BCUT2D eigenvalue weighted by molar-refractivity contribution is -0.262. The van der Waals surface area contributed by atoms with Crippen molar-refractivity contribution in [3.8, 4) is 6.07 Å². The average molecular weight is 1330 g/mol. The van der Waals surface area contributed by atoms with E-state index in [2.05, 4.69) is 97.9 Å². The second-order valence-corrected chi connectivity index (χ2v) is 28.5. The average Bonchev–Trinajstić information content (AvgIpc) is 1.29. The highest BCUT2D eigenvalue weighted by molar-refractivity contribution is 5.84. The number of nitrogens with one attached hydrogen (secondary N) is 3. The number of carbonyl (C=O) groups is 8. The number of nitrogens with zero attached hydrogens (tertiary/aromatic N) is 5. The molecule has 0 bridgehead atoms. The SMILES string of the molecule is CCCCCCCC[C@H]1CCC2C3CC=C4CC(OC(=O)NCC(=O)N5C[C@@H](CC)[C@@H](O)C5)CC[C@]4(C)C3CC[C@@]21C.CC[C@@H]1CN(C(=O)CNC(=O)OC)C[C@@H]1OC(=O)CCC(C)=O.CC[C@@H]1CN(C(=O)CNC(=O)OC)C[C@@H]1OC(OCCC#N)N(C(C)C)C(C)C. The Bertz CT molecular complexity index is 2520. The minimum atomic E-state index is -0.670. The zero-order valence-corrected chi connectivity index (χ0v) is 59.5. The third-order valence-corrected chi connectivity index (χ3v) is 21.9. The highest BCUT2D eigenvalue weighted by Gasteiger charge is 2.58. The molecule has 6 amide bonds. The molecule has 0 aromatic carbocycles. The van der Waals surface area contributed by atoms with Crippen LogP contribution in [0.25, 0.3) is 0 Å². The highest BCUT2D eigenvalue weighted by Crippen LogP contribution is 2.67. The molecule has 3 saturated heterocycles. The summed E-state index contributed by atoms with van der Waals surface area (Å²) in [4.78, 5) is 102. The molecular weight excluding hydrogens is 1200 g/mol. The fourth-order valence-corrected chi connectivity index (χ4v) is 16.4. The number of ether oxygens (including phenoxy) is 6. The highest BCUT2D eigenvalue weighted by atomic mass is 16.7. The number of methoxy groups -OCH3 is 2. The summed E-state index contributed by atoms with van der Waals surface area (Å²) in [7, 11) is 2.48. The molecule has 23 heteroatoms. The van der Waals surface area contributed by atoms with Gasteiger partial charge in [-0.1, -0.05) is 91.7 Å². The number of unbranched alkanes of at least 4 members (excludes halogenated alkanes) is 5. The van der Waals surface area contributed by atoms with Crippen LogP contribution in [0, 0.1) is 63.6 Å². The molecule has 0 aromatic rings. The van der Waals surface area contributed by atoms with E-state index >= 15 is 0 Å². The number of hydrogen-bond donors (Lipinski definition) is 4. The molecular formula is C71H120N8O15. The maximum atomic E-state index is 12.6. The molecule has 5 unspecified atom stereocenters. The van der Waals surface area contributed by atoms with Gasteiger partial charge < -0.3 is 69.0 Å². The quantitative estimate of drug-likeness (QED) is 0.0178. The third kappa shape index (κ3) is 22.5. The number of fused-ring (bicyclic) bond motifs is 5. The van der Waals surface area contributed by atoms with Gasteiger partial charge in [0.15, 0.2) is 0 Å². The van der Waals surface area contributed by atoms with Crippen molar-refractivity contribution in [1.29, 1.82) is 5.26 Å². The molecule has 4 aliphatic carbocycles. The van der Waals surface area contributed by atoms with Gasteiger partial charge in [0.2, 0.25) is 24.1 Å². The van der Waals surface area contributed by atoms with Crippen LogP contribution in [0.5, 0.6) is 0 Å². The molecule has 4 N–H and O–H groups in total. The summed E-state index contributed by atoms with van der Waals surface area (Å²) in [6.07, 6.45) is 21.5. The van der Waals surface area contributed by atoms with Crippen LogP contribution in [0.15, 0.2) is 11.6 Å². The van der Waals surface area contributed by atoms with Crippen LogP contribution >= 0.6 is 0 Å². The van der Waals surface area contributed by atoms with Gasteiger partial charge in [-0.3, -0.25) is 24.1 Å². The first kappa shape index (κ1) is 79.1. The molecule has 7 rings (SSSR count). The second kappa shape index (κ2) is 39.0. The molecule has 3 aliphatic heterocycles. The van der Waals surface area contributed by atoms with E-state index in [9.17, 15) is 43.5 Å². The van der Waals surface area contributed by atoms with Crippen molar-refractivity contribution in [3.63, 3.8) is 0 Å². The Morgan fingerprint density at radius 2 is 1.22 bits per heavy atom. The van der Waals surface area contributed by atoms with E-state index in [1.54, 1.807) is 14.7 Å². The van der Waals surface area contributed by atoms with Crippen molar-refractivity contribution in [3.05, 3.63) is 11.6 Å². The van der Waals surface area contributed by atoms with Gasteiger partial charge >= 0.3 is 24.2 Å². The number of aliphatic hydroxyl groups is 1. The summed E-state index contributed by atoms with van der Waals surface area (Å²) in [5.74, 6) is 2.65. The minimum Gasteiger partial charge on any atom is -0.460 e. The number of ketones is 1. The Labute approximate surface area is 561 Å². The van der Waals surface area contributed by atoms with E-state index in [-0.39, 0.29) is 123 Å². The van der Waals surface area contributed by atoms with Gasteiger partial charge in [-0.15, -0.1) is 0 Å². The summed E-state index contributed by atoms with van der Waals surface area (Å²) in [5.41, 5.74) is 2.29. The van der Waals surface area contributed by atoms with E-state index < -0.39 is 36.8 Å². The van der Waals surface area contributed by atoms with Crippen LogP contribution in [0.1, 0.15) is 211 Å². The van der Waals surface area contributed by atoms with Crippen molar-refractivity contribution in [1.82, 2.24) is 35.6 Å². The smallest absolute Gasteiger partial charge is 0.407 e. The molecule has 0 radical (unpaired) electrons. The zero-order valence-electron chi connectivity index (χ0n) is 59.5.